The summed E-state index contributed by atoms with van der Waals surface area (Å²) >= 11 is 0. The molecule has 0 aliphatic carbocycles. The van der Waals surface area contributed by atoms with E-state index in [0.717, 1.165) is 31.8 Å². The molecule has 2 rings (SSSR count). The van der Waals surface area contributed by atoms with Gasteiger partial charge in [0.2, 0.25) is 0 Å². The first kappa shape index (κ1) is 14.2. The van der Waals surface area contributed by atoms with Crippen molar-refractivity contribution in [3.8, 4) is 11.5 Å². The molecule has 1 aliphatic heterocycles. The maximum Gasteiger partial charge on any atom is 0.127 e. The predicted molar refractivity (Wildman–Crippen MR) is 76.8 cm³/mol. The summed E-state index contributed by atoms with van der Waals surface area (Å²) in [4.78, 5) is 4.66. The number of hydrogen-bond acceptors (Lipinski definition) is 4. The summed E-state index contributed by atoms with van der Waals surface area (Å²) in [5.74, 6) is 1.10. The van der Waals surface area contributed by atoms with E-state index in [-0.39, 0.29) is 5.75 Å². The molecule has 1 aromatic rings. The molecule has 0 aromatic heterocycles. The molecule has 106 valence electrons. The van der Waals surface area contributed by atoms with Gasteiger partial charge in [-0.3, -0.25) is 4.90 Å². The highest BCUT2D eigenvalue weighted by Crippen LogP contribution is 2.38. The van der Waals surface area contributed by atoms with E-state index in [2.05, 4.69) is 30.8 Å². The van der Waals surface area contributed by atoms with E-state index in [1.54, 1.807) is 12.1 Å². The number of benzene rings is 1. The van der Waals surface area contributed by atoms with Crippen molar-refractivity contribution in [1.82, 2.24) is 9.80 Å². The Morgan fingerprint density at radius 2 is 2.11 bits per heavy atom. The lowest BCUT2D eigenvalue weighted by Crippen LogP contribution is -2.32. The van der Waals surface area contributed by atoms with Gasteiger partial charge in [0.1, 0.15) is 18.1 Å². The lowest BCUT2D eigenvalue weighted by Gasteiger charge is -2.27. The first-order valence-electron chi connectivity index (χ1n) is 6.96. The van der Waals surface area contributed by atoms with Gasteiger partial charge in [0.05, 0.1) is 6.04 Å². The van der Waals surface area contributed by atoms with Crippen LogP contribution in [0.5, 0.6) is 11.5 Å². The van der Waals surface area contributed by atoms with Crippen LogP contribution in [0, 0.1) is 0 Å². The van der Waals surface area contributed by atoms with Crippen LogP contribution in [0.1, 0.15) is 24.9 Å². The molecule has 4 nitrogen and oxygen atoms in total. The van der Waals surface area contributed by atoms with Crippen LogP contribution < -0.4 is 4.74 Å². The van der Waals surface area contributed by atoms with Gasteiger partial charge >= 0.3 is 0 Å². The fourth-order valence-electron chi connectivity index (χ4n) is 2.61. The van der Waals surface area contributed by atoms with E-state index >= 15 is 0 Å². The van der Waals surface area contributed by atoms with Crippen LogP contribution in [0.2, 0.25) is 0 Å². The summed E-state index contributed by atoms with van der Waals surface area (Å²) in [6.07, 6.45) is 1.16. The van der Waals surface area contributed by atoms with Gasteiger partial charge in [0.15, 0.2) is 0 Å². The van der Waals surface area contributed by atoms with Crippen molar-refractivity contribution in [2.45, 2.75) is 19.4 Å². The van der Waals surface area contributed by atoms with Gasteiger partial charge in [-0.1, -0.05) is 6.92 Å². The molecule has 1 heterocycles. The van der Waals surface area contributed by atoms with Crippen LogP contribution in [0.15, 0.2) is 18.2 Å². The van der Waals surface area contributed by atoms with Crippen LogP contribution in [-0.4, -0.2) is 55.2 Å². The molecule has 0 radical (unpaired) electrons. The monoisotopic (exact) mass is 264 g/mol. The third kappa shape index (κ3) is 3.39. The molecule has 1 atom stereocenters. The highest BCUT2D eigenvalue weighted by atomic mass is 16.5. The van der Waals surface area contributed by atoms with Crippen molar-refractivity contribution in [2.24, 2.45) is 0 Å². The van der Waals surface area contributed by atoms with Crippen molar-refractivity contribution in [2.75, 3.05) is 40.3 Å². The number of rotatable bonds is 6. The molecule has 1 N–H and O–H groups in total. The summed E-state index contributed by atoms with van der Waals surface area (Å²) < 4.78 is 5.69. The molecule has 0 fully saturated rings. The van der Waals surface area contributed by atoms with E-state index < -0.39 is 0 Å². The van der Waals surface area contributed by atoms with E-state index in [0.29, 0.717) is 12.6 Å². The lowest BCUT2D eigenvalue weighted by molar-refractivity contribution is 0.164. The van der Waals surface area contributed by atoms with Crippen molar-refractivity contribution in [3.05, 3.63) is 23.8 Å². The van der Waals surface area contributed by atoms with E-state index in [9.17, 15) is 5.11 Å². The third-order valence-corrected chi connectivity index (χ3v) is 3.65. The molecular formula is C15H24N2O2. The number of nitrogens with zero attached hydrogens (tertiary/aromatic N) is 2. The van der Waals surface area contributed by atoms with E-state index in [4.69, 9.17) is 4.74 Å². The minimum Gasteiger partial charge on any atom is -0.508 e. The van der Waals surface area contributed by atoms with Crippen LogP contribution in [0.4, 0.5) is 0 Å². The van der Waals surface area contributed by atoms with Crippen molar-refractivity contribution >= 4 is 0 Å². The standard InChI is InChI=1S/C15H24N2O2/c1-4-17(9-5-8-16(2)3)14-11-19-15-10-12(18)6-7-13(14)15/h6-7,10,14,18H,4-5,8-9,11H2,1-3H3. The van der Waals surface area contributed by atoms with Crippen LogP contribution in [-0.2, 0) is 0 Å². The molecule has 1 aliphatic rings. The number of hydrogen-bond donors (Lipinski definition) is 1. The lowest BCUT2D eigenvalue weighted by atomic mass is 10.1. The van der Waals surface area contributed by atoms with E-state index in [1.807, 2.05) is 6.07 Å². The molecular weight excluding hydrogens is 240 g/mol. The van der Waals surface area contributed by atoms with Gasteiger partial charge in [-0.2, -0.15) is 0 Å². The normalized spacial score (nSPS) is 17.8. The Hall–Kier alpha value is -1.26. The highest BCUT2D eigenvalue weighted by Gasteiger charge is 2.28. The van der Waals surface area contributed by atoms with Gasteiger partial charge in [0.25, 0.3) is 0 Å². The molecule has 0 bridgehead atoms. The summed E-state index contributed by atoms with van der Waals surface area (Å²) in [5, 5.41) is 9.48. The number of phenols is 1. The van der Waals surface area contributed by atoms with Crippen molar-refractivity contribution < 1.29 is 9.84 Å². The Morgan fingerprint density at radius 3 is 2.79 bits per heavy atom. The van der Waals surface area contributed by atoms with Crippen molar-refractivity contribution in [3.63, 3.8) is 0 Å². The Bertz CT molecular complexity index is 421. The minimum atomic E-state index is 0.273. The number of fused-ring (bicyclic) bond motifs is 1. The molecule has 0 saturated heterocycles. The second-order valence-corrected chi connectivity index (χ2v) is 5.33. The molecule has 0 spiro atoms. The van der Waals surface area contributed by atoms with Gasteiger partial charge < -0.3 is 14.7 Å². The topological polar surface area (TPSA) is 35.9 Å². The maximum absolute atomic E-state index is 9.48. The summed E-state index contributed by atoms with van der Waals surface area (Å²) in [7, 11) is 4.21. The first-order valence-corrected chi connectivity index (χ1v) is 6.96. The molecule has 0 amide bonds. The van der Waals surface area contributed by atoms with Gasteiger partial charge in [-0.05, 0) is 45.7 Å². The molecule has 4 heteroatoms. The van der Waals surface area contributed by atoms with Crippen LogP contribution in [0.25, 0.3) is 0 Å². The van der Waals surface area contributed by atoms with Crippen molar-refractivity contribution in [1.29, 1.82) is 0 Å². The Balaban J connectivity index is 2.01. The van der Waals surface area contributed by atoms with Gasteiger partial charge in [0, 0.05) is 18.2 Å². The third-order valence-electron chi connectivity index (χ3n) is 3.65. The largest absolute Gasteiger partial charge is 0.508 e. The Labute approximate surface area is 115 Å². The minimum absolute atomic E-state index is 0.273. The zero-order valence-electron chi connectivity index (χ0n) is 12.1. The van der Waals surface area contributed by atoms with Gasteiger partial charge in [-0.25, -0.2) is 0 Å². The quantitative estimate of drug-likeness (QED) is 0.853. The van der Waals surface area contributed by atoms with Crippen LogP contribution in [0.3, 0.4) is 0 Å². The number of ether oxygens (including phenoxy) is 1. The second-order valence-electron chi connectivity index (χ2n) is 5.33. The summed E-state index contributed by atoms with van der Waals surface area (Å²) in [6, 6.07) is 5.76. The zero-order chi connectivity index (χ0) is 13.8. The number of aromatic hydroxyl groups is 1. The highest BCUT2D eigenvalue weighted by molar-refractivity contribution is 5.44. The average molecular weight is 264 g/mol. The zero-order valence-corrected chi connectivity index (χ0v) is 12.1. The summed E-state index contributed by atoms with van der Waals surface area (Å²) in [6.45, 7) is 6.07. The fraction of sp³-hybridized carbons (Fsp3) is 0.600. The van der Waals surface area contributed by atoms with E-state index in [1.165, 1.54) is 5.56 Å². The summed E-state index contributed by atoms with van der Waals surface area (Å²) in [5.41, 5.74) is 1.20. The molecule has 19 heavy (non-hydrogen) atoms. The maximum atomic E-state index is 9.48. The Morgan fingerprint density at radius 1 is 1.32 bits per heavy atom. The Kier molecular flexibility index (Phi) is 4.66. The second kappa shape index (κ2) is 6.26. The smallest absolute Gasteiger partial charge is 0.127 e. The SMILES string of the molecule is CCN(CCCN(C)C)C1COc2cc(O)ccc21. The fourth-order valence-corrected chi connectivity index (χ4v) is 2.61. The molecule has 1 unspecified atom stereocenters. The van der Waals surface area contributed by atoms with Crippen LogP contribution >= 0.6 is 0 Å². The number of likely N-dealkylation sites (N-methyl/N-ethyl adjacent to an activating group) is 1. The first-order chi connectivity index (χ1) is 9.11. The molecule has 1 aromatic carbocycles. The predicted octanol–water partition coefficient (Wildman–Crippen LogP) is 2.10. The molecule has 0 saturated carbocycles. The number of phenolic OH excluding ortho intramolecular Hbond substituents is 1. The average Bonchev–Trinajstić information content (AvgIpc) is 2.77. The van der Waals surface area contributed by atoms with Gasteiger partial charge in [-0.15, -0.1) is 0 Å².